The number of nitriles is 1. The van der Waals surface area contributed by atoms with Gasteiger partial charge in [-0.05, 0) is 19.3 Å². The number of nitrogens with two attached hydrogens (primary N) is 1. The summed E-state index contributed by atoms with van der Waals surface area (Å²) in [6.07, 6.45) is 6.33. The van der Waals surface area contributed by atoms with E-state index < -0.39 is 6.04 Å². The molecular formula is C15H20N6O2S. The predicted molar refractivity (Wildman–Crippen MR) is 89.8 cm³/mol. The Morgan fingerprint density at radius 3 is 3.04 bits per heavy atom. The summed E-state index contributed by atoms with van der Waals surface area (Å²) in [6.45, 7) is 0.483. The minimum Gasteiger partial charge on any atom is -0.351 e. The average molecular weight is 348 g/mol. The molecule has 1 aliphatic heterocycles. The summed E-state index contributed by atoms with van der Waals surface area (Å²) < 4.78 is 0. The van der Waals surface area contributed by atoms with Gasteiger partial charge >= 0.3 is 0 Å². The van der Waals surface area contributed by atoms with E-state index in [9.17, 15) is 9.59 Å². The maximum Gasteiger partial charge on any atom is 0.271 e. The van der Waals surface area contributed by atoms with E-state index in [1.165, 1.54) is 18.6 Å². The van der Waals surface area contributed by atoms with E-state index in [0.29, 0.717) is 37.4 Å². The standard InChI is InChI=1S/C15H20N6O2S/c16-7-11-9-24-10-21(11)15(23)12(17)3-1-2-4-20-14(22)13-8-18-5-6-19-13/h5-6,8,11-12H,1-4,9-10,17H2,(H,20,22)/t11-,12-/m1/s1. The van der Waals surface area contributed by atoms with E-state index >= 15 is 0 Å². The van der Waals surface area contributed by atoms with Crippen molar-refractivity contribution in [2.45, 2.75) is 31.3 Å². The Morgan fingerprint density at radius 1 is 1.50 bits per heavy atom. The average Bonchev–Trinajstić information content (AvgIpc) is 3.09. The van der Waals surface area contributed by atoms with Crippen LogP contribution in [-0.2, 0) is 4.79 Å². The molecule has 1 aliphatic rings. The number of carbonyl (C=O) groups is 2. The van der Waals surface area contributed by atoms with Crippen molar-refractivity contribution in [2.24, 2.45) is 5.73 Å². The molecule has 128 valence electrons. The maximum absolute atomic E-state index is 12.2. The van der Waals surface area contributed by atoms with Crippen LogP contribution in [-0.4, -0.2) is 56.9 Å². The topological polar surface area (TPSA) is 125 Å². The molecule has 1 aromatic heterocycles. The van der Waals surface area contributed by atoms with Crippen molar-refractivity contribution < 1.29 is 9.59 Å². The van der Waals surface area contributed by atoms with Crippen LogP contribution in [0.2, 0.25) is 0 Å². The summed E-state index contributed by atoms with van der Waals surface area (Å²) in [6, 6.07) is 1.15. The Labute approximate surface area is 144 Å². The lowest BCUT2D eigenvalue weighted by atomic mass is 10.1. The molecule has 1 saturated heterocycles. The number of nitrogens with zero attached hydrogens (tertiary/aromatic N) is 4. The first-order chi connectivity index (χ1) is 11.6. The second kappa shape index (κ2) is 9.20. The summed E-state index contributed by atoms with van der Waals surface area (Å²) in [7, 11) is 0. The van der Waals surface area contributed by atoms with Gasteiger partial charge in [-0.3, -0.25) is 14.6 Å². The Balaban J connectivity index is 1.64. The highest BCUT2D eigenvalue weighted by molar-refractivity contribution is 7.99. The van der Waals surface area contributed by atoms with E-state index in [4.69, 9.17) is 11.0 Å². The van der Waals surface area contributed by atoms with Crippen LogP contribution in [0.1, 0.15) is 29.8 Å². The van der Waals surface area contributed by atoms with E-state index in [1.54, 1.807) is 16.7 Å². The molecule has 0 saturated carbocycles. The Bertz CT molecular complexity index is 606. The number of hydrogen-bond donors (Lipinski definition) is 2. The molecule has 1 aromatic rings. The number of carbonyl (C=O) groups excluding carboxylic acids is 2. The molecule has 3 N–H and O–H groups in total. The highest BCUT2D eigenvalue weighted by Crippen LogP contribution is 2.21. The molecule has 1 fully saturated rings. The zero-order valence-corrected chi connectivity index (χ0v) is 14.0. The largest absolute Gasteiger partial charge is 0.351 e. The summed E-state index contributed by atoms with van der Waals surface area (Å²) in [5.41, 5.74) is 6.21. The van der Waals surface area contributed by atoms with E-state index in [0.717, 1.165) is 0 Å². The Kier molecular flexibility index (Phi) is 6.96. The van der Waals surface area contributed by atoms with Crippen LogP contribution in [0.5, 0.6) is 0 Å². The molecule has 0 unspecified atom stereocenters. The van der Waals surface area contributed by atoms with Gasteiger partial charge in [0.25, 0.3) is 5.91 Å². The third-order valence-corrected chi connectivity index (χ3v) is 4.67. The van der Waals surface area contributed by atoms with Crippen molar-refractivity contribution in [3.63, 3.8) is 0 Å². The minimum atomic E-state index is -0.602. The van der Waals surface area contributed by atoms with Crippen LogP contribution >= 0.6 is 11.8 Å². The lowest BCUT2D eigenvalue weighted by molar-refractivity contribution is -0.132. The zero-order chi connectivity index (χ0) is 17.4. The molecule has 2 amide bonds. The number of rotatable bonds is 7. The number of aromatic nitrogens is 2. The maximum atomic E-state index is 12.2. The predicted octanol–water partition coefficient (Wildman–Crippen LogP) is 0.129. The Morgan fingerprint density at radius 2 is 2.33 bits per heavy atom. The molecule has 0 spiro atoms. The van der Waals surface area contributed by atoms with Gasteiger partial charge in [0.2, 0.25) is 5.91 Å². The van der Waals surface area contributed by atoms with Crippen LogP contribution in [0.25, 0.3) is 0 Å². The van der Waals surface area contributed by atoms with Crippen LogP contribution in [0.3, 0.4) is 0 Å². The summed E-state index contributed by atoms with van der Waals surface area (Å²) in [5.74, 6) is 0.729. The van der Waals surface area contributed by atoms with Crippen molar-refractivity contribution >= 4 is 23.6 Å². The molecule has 0 aromatic carbocycles. The van der Waals surface area contributed by atoms with Crippen molar-refractivity contribution in [2.75, 3.05) is 18.2 Å². The highest BCUT2D eigenvalue weighted by atomic mass is 32.2. The van der Waals surface area contributed by atoms with Crippen LogP contribution in [0.15, 0.2) is 18.6 Å². The van der Waals surface area contributed by atoms with Gasteiger partial charge in [-0.25, -0.2) is 4.98 Å². The molecular weight excluding hydrogens is 328 g/mol. The second-order valence-corrected chi connectivity index (χ2v) is 6.40. The van der Waals surface area contributed by atoms with Gasteiger partial charge in [0, 0.05) is 24.7 Å². The molecule has 2 rings (SSSR count). The van der Waals surface area contributed by atoms with Gasteiger partial charge in [-0.2, -0.15) is 5.26 Å². The SMILES string of the molecule is N#C[C@@H]1CSCN1C(=O)[C@H](N)CCCCNC(=O)c1cnccn1. The van der Waals surface area contributed by atoms with Gasteiger partial charge in [-0.1, -0.05) is 0 Å². The number of thioether (sulfide) groups is 1. The number of hydrogen-bond acceptors (Lipinski definition) is 7. The van der Waals surface area contributed by atoms with Gasteiger partial charge in [-0.15, -0.1) is 11.8 Å². The second-order valence-electron chi connectivity index (χ2n) is 5.40. The molecule has 2 heterocycles. The van der Waals surface area contributed by atoms with Gasteiger partial charge in [0.15, 0.2) is 0 Å². The molecule has 24 heavy (non-hydrogen) atoms. The molecule has 0 aliphatic carbocycles. The van der Waals surface area contributed by atoms with Crippen LogP contribution in [0, 0.1) is 11.3 Å². The van der Waals surface area contributed by atoms with Gasteiger partial charge < -0.3 is 16.0 Å². The van der Waals surface area contributed by atoms with E-state index in [-0.39, 0.29) is 23.6 Å². The van der Waals surface area contributed by atoms with Crippen molar-refractivity contribution in [1.82, 2.24) is 20.2 Å². The molecule has 2 atom stereocenters. The lowest BCUT2D eigenvalue weighted by Gasteiger charge is -2.22. The smallest absolute Gasteiger partial charge is 0.271 e. The lowest BCUT2D eigenvalue weighted by Crippen LogP contribution is -2.46. The number of nitrogens with one attached hydrogen (secondary N) is 1. The molecule has 9 heteroatoms. The third-order valence-electron chi connectivity index (χ3n) is 3.65. The van der Waals surface area contributed by atoms with Crippen molar-refractivity contribution in [3.05, 3.63) is 24.3 Å². The first kappa shape index (κ1) is 18.2. The highest BCUT2D eigenvalue weighted by Gasteiger charge is 2.31. The fourth-order valence-corrected chi connectivity index (χ4v) is 3.39. The van der Waals surface area contributed by atoms with Gasteiger partial charge in [0.05, 0.1) is 24.2 Å². The quantitative estimate of drug-likeness (QED) is 0.671. The first-order valence-electron chi connectivity index (χ1n) is 7.71. The fraction of sp³-hybridized carbons (Fsp3) is 0.533. The van der Waals surface area contributed by atoms with Crippen LogP contribution in [0.4, 0.5) is 0 Å². The van der Waals surface area contributed by atoms with Crippen LogP contribution < -0.4 is 11.1 Å². The third kappa shape index (κ3) is 4.91. The molecule has 8 nitrogen and oxygen atoms in total. The zero-order valence-electron chi connectivity index (χ0n) is 13.2. The molecule has 0 radical (unpaired) electrons. The normalized spacial score (nSPS) is 18.0. The first-order valence-corrected chi connectivity index (χ1v) is 8.86. The summed E-state index contributed by atoms with van der Waals surface area (Å²) >= 11 is 1.56. The summed E-state index contributed by atoms with van der Waals surface area (Å²) in [4.78, 5) is 33.3. The van der Waals surface area contributed by atoms with Crippen molar-refractivity contribution in [1.29, 1.82) is 5.26 Å². The van der Waals surface area contributed by atoms with Gasteiger partial charge in [0.1, 0.15) is 11.7 Å². The molecule has 0 bridgehead atoms. The monoisotopic (exact) mass is 348 g/mol. The van der Waals surface area contributed by atoms with E-state index in [1.807, 2.05) is 0 Å². The number of unbranched alkanes of at least 4 members (excludes halogenated alkanes) is 1. The van der Waals surface area contributed by atoms with E-state index in [2.05, 4.69) is 21.4 Å². The van der Waals surface area contributed by atoms with Crippen molar-refractivity contribution in [3.8, 4) is 6.07 Å². The minimum absolute atomic E-state index is 0.171. The Hall–Kier alpha value is -2.18. The summed E-state index contributed by atoms with van der Waals surface area (Å²) in [5, 5.41) is 11.8. The fourth-order valence-electron chi connectivity index (χ4n) is 2.30. The number of amides is 2.